The third-order valence-electron chi connectivity index (χ3n) is 4.39. The van der Waals surface area contributed by atoms with E-state index < -0.39 is 23.7 Å². The average molecular weight is 412 g/mol. The molecule has 2 rings (SSSR count). The van der Waals surface area contributed by atoms with Crippen LogP contribution in [0.3, 0.4) is 0 Å². The zero-order chi connectivity index (χ0) is 22.5. The number of hydrogen-bond acceptors (Lipinski definition) is 5. The molecule has 0 N–H and O–H groups in total. The molecule has 2 aromatic rings. The molecule has 1 heterocycles. The van der Waals surface area contributed by atoms with Crippen LogP contribution in [0.4, 0.5) is 4.79 Å². The van der Waals surface area contributed by atoms with Gasteiger partial charge in [-0.15, -0.1) is 0 Å². The van der Waals surface area contributed by atoms with E-state index in [2.05, 4.69) is 16.1 Å². The second-order valence-corrected chi connectivity index (χ2v) is 8.25. The summed E-state index contributed by atoms with van der Waals surface area (Å²) in [4.78, 5) is 27.7. The zero-order valence-electron chi connectivity index (χ0n) is 18.3. The molecule has 160 valence electrons. The molecule has 8 heteroatoms. The maximum atomic E-state index is 12.8. The number of nitrogens with zero attached hydrogens (tertiary/aromatic N) is 4. The van der Waals surface area contributed by atoms with Crippen molar-refractivity contribution in [3.8, 4) is 0 Å². The first kappa shape index (κ1) is 23.0. The van der Waals surface area contributed by atoms with Gasteiger partial charge in [0.25, 0.3) is 0 Å². The van der Waals surface area contributed by atoms with Gasteiger partial charge in [-0.1, -0.05) is 28.9 Å². The van der Waals surface area contributed by atoms with Gasteiger partial charge in [-0.05, 0) is 70.2 Å². The van der Waals surface area contributed by atoms with Crippen molar-refractivity contribution in [3.05, 3.63) is 57.6 Å². The second kappa shape index (κ2) is 9.50. The van der Waals surface area contributed by atoms with Crippen LogP contribution in [0.1, 0.15) is 45.7 Å². The Morgan fingerprint density at radius 3 is 2.53 bits per heavy atom. The van der Waals surface area contributed by atoms with Gasteiger partial charge < -0.3 is 9.47 Å². The van der Waals surface area contributed by atoms with Crippen LogP contribution >= 0.6 is 0 Å². The van der Waals surface area contributed by atoms with E-state index in [9.17, 15) is 9.59 Å². The Morgan fingerprint density at radius 2 is 1.97 bits per heavy atom. The molecule has 30 heavy (non-hydrogen) atoms. The topological polar surface area (TPSA) is 106 Å². The molecule has 0 aliphatic heterocycles. The van der Waals surface area contributed by atoms with Crippen molar-refractivity contribution >= 4 is 23.0 Å². The number of azide groups is 1. The van der Waals surface area contributed by atoms with Crippen LogP contribution in [0.5, 0.6) is 0 Å². The molecule has 0 bridgehead atoms. The molecule has 0 saturated heterocycles. The molecule has 8 nitrogen and oxygen atoms in total. The van der Waals surface area contributed by atoms with E-state index in [1.165, 1.54) is 17.3 Å². The van der Waals surface area contributed by atoms with Crippen molar-refractivity contribution in [1.29, 1.82) is 0 Å². The Hall–Kier alpha value is -3.25. The molecular formula is C22H28N4O4. The van der Waals surface area contributed by atoms with Crippen LogP contribution in [0.25, 0.3) is 21.3 Å². The number of benzene rings is 1. The maximum absolute atomic E-state index is 12.8. The number of rotatable bonds is 6. The number of ether oxygens (including phenoxy) is 2. The van der Waals surface area contributed by atoms with Crippen molar-refractivity contribution < 1.29 is 19.1 Å². The van der Waals surface area contributed by atoms with Crippen LogP contribution < -0.4 is 0 Å². The van der Waals surface area contributed by atoms with Crippen LogP contribution in [-0.4, -0.2) is 35.4 Å². The summed E-state index contributed by atoms with van der Waals surface area (Å²) in [6, 6.07) is 4.65. The molecular weight excluding hydrogens is 384 g/mol. The number of methoxy groups -OCH3 is 1. The summed E-state index contributed by atoms with van der Waals surface area (Å²) in [5.74, 6) is -0.632. The molecule has 1 atom stereocenters. The zero-order valence-corrected chi connectivity index (χ0v) is 18.3. The SMILES string of the molecule is COC(=O)[C@H](Cc1cn(C(=O)OC(C)(C)C)c2cccc(CC=C(C)C)c12)N=[N+]=[N-]. The Kier molecular flexibility index (Phi) is 7.29. The smallest absolute Gasteiger partial charge is 0.419 e. The van der Waals surface area contributed by atoms with E-state index in [1.807, 2.05) is 32.0 Å². The summed E-state index contributed by atoms with van der Waals surface area (Å²) in [5.41, 5.74) is 11.7. The van der Waals surface area contributed by atoms with Gasteiger partial charge in [-0.25, -0.2) is 4.79 Å². The Bertz CT molecular complexity index is 1020. The predicted octanol–water partition coefficient (Wildman–Crippen LogP) is 5.33. The summed E-state index contributed by atoms with van der Waals surface area (Å²) in [5, 5.41) is 4.42. The highest BCUT2D eigenvalue weighted by atomic mass is 16.6. The minimum Gasteiger partial charge on any atom is -0.469 e. The minimum absolute atomic E-state index is 0.106. The van der Waals surface area contributed by atoms with Gasteiger partial charge in [-0.3, -0.25) is 9.36 Å². The fourth-order valence-electron chi connectivity index (χ4n) is 3.13. The quantitative estimate of drug-likeness (QED) is 0.210. The van der Waals surface area contributed by atoms with Crippen LogP contribution in [0.15, 0.2) is 41.2 Å². The number of carbonyl (C=O) groups is 2. The predicted molar refractivity (Wildman–Crippen MR) is 115 cm³/mol. The van der Waals surface area contributed by atoms with Crippen molar-refractivity contribution in [2.45, 2.75) is 59.1 Å². The van der Waals surface area contributed by atoms with Crippen molar-refractivity contribution in [1.82, 2.24) is 4.57 Å². The largest absolute Gasteiger partial charge is 0.469 e. The first-order valence-corrected chi connectivity index (χ1v) is 9.68. The first-order chi connectivity index (χ1) is 14.1. The van der Waals surface area contributed by atoms with Gasteiger partial charge in [0.15, 0.2) is 0 Å². The molecule has 0 aliphatic carbocycles. The summed E-state index contributed by atoms with van der Waals surface area (Å²) in [6.07, 6.45) is 3.99. The van der Waals surface area contributed by atoms with Gasteiger partial charge in [0.1, 0.15) is 11.6 Å². The molecule has 0 aliphatic rings. The number of hydrogen-bond donors (Lipinski definition) is 0. The van der Waals surface area contributed by atoms with E-state index in [-0.39, 0.29) is 6.42 Å². The molecule has 0 spiro atoms. The van der Waals surface area contributed by atoms with Gasteiger partial charge in [0.05, 0.1) is 12.6 Å². The lowest BCUT2D eigenvalue weighted by molar-refractivity contribution is -0.142. The minimum atomic E-state index is -1.03. The van der Waals surface area contributed by atoms with E-state index >= 15 is 0 Å². The molecule has 0 saturated carbocycles. The van der Waals surface area contributed by atoms with Gasteiger partial charge in [0.2, 0.25) is 0 Å². The monoisotopic (exact) mass is 412 g/mol. The molecule has 0 radical (unpaired) electrons. The summed E-state index contributed by atoms with van der Waals surface area (Å²) in [7, 11) is 1.24. The van der Waals surface area contributed by atoms with Crippen LogP contribution in [0.2, 0.25) is 0 Å². The highest BCUT2D eigenvalue weighted by Gasteiger charge is 2.25. The Labute approximate surface area is 176 Å². The number of carbonyl (C=O) groups excluding carboxylic acids is 2. The molecule has 1 aromatic carbocycles. The molecule has 0 unspecified atom stereocenters. The Balaban J connectivity index is 2.66. The lowest BCUT2D eigenvalue weighted by Crippen LogP contribution is -2.26. The average Bonchev–Trinajstić information content (AvgIpc) is 3.03. The summed E-state index contributed by atoms with van der Waals surface area (Å²) < 4.78 is 11.7. The van der Waals surface area contributed by atoms with Gasteiger partial charge in [-0.2, -0.15) is 0 Å². The van der Waals surface area contributed by atoms with E-state index in [0.717, 1.165) is 10.9 Å². The highest BCUT2D eigenvalue weighted by Crippen LogP contribution is 2.29. The maximum Gasteiger partial charge on any atom is 0.419 e. The van der Waals surface area contributed by atoms with Crippen molar-refractivity contribution in [3.63, 3.8) is 0 Å². The van der Waals surface area contributed by atoms with Crippen LogP contribution in [0, 0.1) is 0 Å². The highest BCUT2D eigenvalue weighted by molar-refractivity contribution is 5.94. The molecule has 0 fully saturated rings. The Morgan fingerprint density at radius 1 is 1.27 bits per heavy atom. The van der Waals surface area contributed by atoms with Crippen molar-refractivity contribution in [2.75, 3.05) is 7.11 Å². The lowest BCUT2D eigenvalue weighted by atomic mass is 9.99. The second-order valence-electron chi connectivity index (χ2n) is 8.25. The third-order valence-corrected chi connectivity index (χ3v) is 4.39. The number of fused-ring (bicyclic) bond motifs is 1. The third kappa shape index (κ3) is 5.64. The molecule has 1 aromatic heterocycles. The van der Waals surface area contributed by atoms with E-state index in [0.29, 0.717) is 17.5 Å². The van der Waals surface area contributed by atoms with Gasteiger partial charge in [0, 0.05) is 16.5 Å². The number of esters is 1. The number of allylic oxidation sites excluding steroid dienone is 2. The van der Waals surface area contributed by atoms with Crippen molar-refractivity contribution in [2.24, 2.45) is 5.11 Å². The summed E-state index contributed by atoms with van der Waals surface area (Å²) >= 11 is 0. The first-order valence-electron chi connectivity index (χ1n) is 9.68. The van der Waals surface area contributed by atoms with Gasteiger partial charge >= 0.3 is 12.1 Å². The normalized spacial score (nSPS) is 12.1. The van der Waals surface area contributed by atoms with Crippen LogP contribution in [-0.2, 0) is 27.1 Å². The standard InChI is InChI=1S/C22H28N4O4/c1-14(2)10-11-15-8-7-9-18-19(15)16(12-17(24-25-23)20(27)29-6)13-26(18)21(28)30-22(3,4)5/h7-10,13,17H,11-12H2,1-6H3/t17-/m0/s1. The fraction of sp³-hybridized carbons (Fsp3) is 0.455. The lowest BCUT2D eigenvalue weighted by Gasteiger charge is -2.19. The molecule has 0 amide bonds. The fourth-order valence-corrected chi connectivity index (χ4v) is 3.13. The van der Waals surface area contributed by atoms with E-state index in [1.54, 1.807) is 27.0 Å². The summed E-state index contributed by atoms with van der Waals surface area (Å²) in [6.45, 7) is 9.43. The van der Waals surface area contributed by atoms with E-state index in [4.69, 9.17) is 15.0 Å². The number of aromatic nitrogens is 1.